The summed E-state index contributed by atoms with van der Waals surface area (Å²) < 4.78 is 31.1. The van der Waals surface area contributed by atoms with Crippen LogP contribution in [0.25, 0.3) is 0 Å². The predicted octanol–water partition coefficient (Wildman–Crippen LogP) is 1.74. The van der Waals surface area contributed by atoms with Gasteiger partial charge in [-0.25, -0.2) is 8.42 Å². The van der Waals surface area contributed by atoms with E-state index in [2.05, 4.69) is 10.0 Å². The molecule has 0 amide bonds. The predicted molar refractivity (Wildman–Crippen MR) is 81.9 cm³/mol. The van der Waals surface area contributed by atoms with Crippen LogP contribution in [0.4, 0.5) is 11.4 Å². The Morgan fingerprint density at radius 1 is 1.43 bits per heavy atom. The smallest absolute Gasteiger partial charge is 0.306 e. The van der Waals surface area contributed by atoms with Gasteiger partial charge in [0.2, 0.25) is 10.0 Å². The monoisotopic (exact) mass is 312 g/mol. The molecule has 7 heteroatoms. The van der Waals surface area contributed by atoms with E-state index in [9.17, 15) is 13.2 Å². The minimum Gasteiger partial charge on any atom is -0.466 e. The minimum absolute atomic E-state index is 0.146. The average molecular weight is 312 g/mol. The van der Waals surface area contributed by atoms with Crippen LogP contribution in [-0.2, 0) is 26.0 Å². The number of nitrogens with one attached hydrogen (secondary N) is 2. The van der Waals surface area contributed by atoms with Crippen molar-refractivity contribution in [2.24, 2.45) is 0 Å². The highest BCUT2D eigenvalue weighted by molar-refractivity contribution is 7.92. The van der Waals surface area contributed by atoms with Gasteiger partial charge in [0.1, 0.15) is 0 Å². The van der Waals surface area contributed by atoms with Crippen LogP contribution >= 0.6 is 0 Å². The van der Waals surface area contributed by atoms with Crippen molar-refractivity contribution in [1.82, 2.24) is 0 Å². The van der Waals surface area contributed by atoms with Crippen molar-refractivity contribution in [1.29, 1.82) is 0 Å². The molecule has 0 unspecified atom stereocenters. The van der Waals surface area contributed by atoms with E-state index in [4.69, 9.17) is 4.74 Å². The molecule has 0 fully saturated rings. The summed E-state index contributed by atoms with van der Waals surface area (Å²) in [5, 5.41) is 3.25. The Morgan fingerprint density at radius 2 is 2.24 bits per heavy atom. The summed E-state index contributed by atoms with van der Waals surface area (Å²) in [6, 6.07) is 5.45. The molecule has 1 aliphatic heterocycles. The number of aryl methyl sites for hydroxylation is 1. The summed E-state index contributed by atoms with van der Waals surface area (Å²) in [5.41, 5.74) is 2.66. The first kappa shape index (κ1) is 15.6. The molecule has 1 aromatic rings. The maximum absolute atomic E-state index is 11.9. The number of hydrogen-bond donors (Lipinski definition) is 2. The largest absolute Gasteiger partial charge is 0.466 e. The Bertz CT molecular complexity index is 613. The fourth-order valence-corrected chi connectivity index (χ4v) is 3.23. The van der Waals surface area contributed by atoms with Crippen molar-refractivity contribution >= 4 is 27.4 Å². The third kappa shape index (κ3) is 4.63. The summed E-state index contributed by atoms with van der Waals surface area (Å²) in [6.45, 7) is 2.83. The van der Waals surface area contributed by atoms with Gasteiger partial charge in [0.25, 0.3) is 0 Å². The first-order valence-corrected chi connectivity index (χ1v) is 8.68. The van der Waals surface area contributed by atoms with Gasteiger partial charge in [0.15, 0.2) is 0 Å². The summed E-state index contributed by atoms with van der Waals surface area (Å²) in [6.07, 6.45) is 1.93. The molecule has 0 saturated carbocycles. The maximum atomic E-state index is 11.9. The van der Waals surface area contributed by atoms with E-state index < -0.39 is 16.0 Å². The highest BCUT2D eigenvalue weighted by Crippen LogP contribution is 2.25. The van der Waals surface area contributed by atoms with E-state index in [-0.39, 0.29) is 18.8 Å². The van der Waals surface area contributed by atoms with Crippen molar-refractivity contribution in [2.75, 3.05) is 28.9 Å². The number of carbonyl (C=O) groups excluding carboxylic acids is 1. The lowest BCUT2D eigenvalue weighted by molar-refractivity contribution is -0.142. The molecular formula is C14H20N2O4S. The fourth-order valence-electron chi connectivity index (χ4n) is 2.21. The number of benzene rings is 1. The first-order chi connectivity index (χ1) is 10.00. The topological polar surface area (TPSA) is 84.5 Å². The van der Waals surface area contributed by atoms with E-state index in [1.807, 2.05) is 6.07 Å². The van der Waals surface area contributed by atoms with E-state index in [0.717, 1.165) is 25.1 Å². The lowest BCUT2D eigenvalue weighted by Crippen LogP contribution is -2.20. The van der Waals surface area contributed by atoms with Crippen LogP contribution in [-0.4, -0.2) is 33.3 Å². The number of hydrogen-bond acceptors (Lipinski definition) is 5. The normalized spacial score (nSPS) is 14.0. The molecule has 0 spiro atoms. The molecule has 0 bridgehead atoms. The molecule has 1 aromatic carbocycles. The van der Waals surface area contributed by atoms with Crippen LogP contribution in [0.1, 0.15) is 25.3 Å². The van der Waals surface area contributed by atoms with Crippen molar-refractivity contribution in [3.63, 3.8) is 0 Å². The van der Waals surface area contributed by atoms with Gasteiger partial charge in [-0.05, 0) is 37.5 Å². The summed E-state index contributed by atoms with van der Waals surface area (Å²) >= 11 is 0. The van der Waals surface area contributed by atoms with Gasteiger partial charge < -0.3 is 10.1 Å². The van der Waals surface area contributed by atoms with Crippen LogP contribution in [0.15, 0.2) is 18.2 Å². The van der Waals surface area contributed by atoms with Gasteiger partial charge in [-0.15, -0.1) is 0 Å². The lowest BCUT2D eigenvalue weighted by Gasteiger charge is -2.19. The maximum Gasteiger partial charge on any atom is 0.306 e. The summed E-state index contributed by atoms with van der Waals surface area (Å²) in [7, 11) is -3.55. The molecule has 0 atom stereocenters. The van der Waals surface area contributed by atoms with Crippen molar-refractivity contribution in [3.05, 3.63) is 23.8 Å². The first-order valence-electron chi connectivity index (χ1n) is 7.03. The van der Waals surface area contributed by atoms with E-state index in [1.165, 1.54) is 5.56 Å². The van der Waals surface area contributed by atoms with Crippen LogP contribution in [0.3, 0.4) is 0 Å². The second-order valence-electron chi connectivity index (χ2n) is 4.88. The summed E-state index contributed by atoms with van der Waals surface area (Å²) in [5.74, 6) is -0.786. The van der Waals surface area contributed by atoms with E-state index in [0.29, 0.717) is 5.69 Å². The molecule has 2 rings (SSSR count). The zero-order valence-electron chi connectivity index (χ0n) is 12.0. The number of carbonyl (C=O) groups is 1. The SMILES string of the molecule is CCOC(=O)CCS(=O)(=O)Nc1ccc2c(c1)NCCC2. The summed E-state index contributed by atoms with van der Waals surface area (Å²) in [4.78, 5) is 11.2. The zero-order chi connectivity index (χ0) is 15.3. The molecule has 116 valence electrons. The van der Waals surface area contributed by atoms with E-state index in [1.54, 1.807) is 19.1 Å². The number of fused-ring (bicyclic) bond motifs is 1. The van der Waals surface area contributed by atoms with Gasteiger partial charge >= 0.3 is 5.97 Å². The number of esters is 1. The number of ether oxygens (including phenoxy) is 1. The molecule has 0 radical (unpaired) electrons. The average Bonchev–Trinajstić information content (AvgIpc) is 2.45. The fraction of sp³-hybridized carbons (Fsp3) is 0.500. The highest BCUT2D eigenvalue weighted by Gasteiger charge is 2.15. The Labute approximate surface area is 124 Å². The zero-order valence-corrected chi connectivity index (χ0v) is 12.8. The lowest BCUT2D eigenvalue weighted by atomic mass is 10.0. The Balaban J connectivity index is 1.98. The van der Waals surface area contributed by atoms with Gasteiger partial charge in [0.05, 0.1) is 24.5 Å². The number of anilines is 2. The van der Waals surface area contributed by atoms with E-state index >= 15 is 0 Å². The van der Waals surface area contributed by atoms with Gasteiger partial charge in [-0.1, -0.05) is 6.07 Å². The van der Waals surface area contributed by atoms with Crippen LogP contribution in [0.2, 0.25) is 0 Å². The van der Waals surface area contributed by atoms with Crippen molar-refractivity contribution < 1.29 is 17.9 Å². The molecule has 0 aromatic heterocycles. The molecule has 0 saturated heterocycles. The van der Waals surface area contributed by atoms with Crippen molar-refractivity contribution in [2.45, 2.75) is 26.2 Å². The third-order valence-corrected chi connectivity index (χ3v) is 4.49. The van der Waals surface area contributed by atoms with Crippen LogP contribution in [0, 0.1) is 0 Å². The Morgan fingerprint density at radius 3 is 3.00 bits per heavy atom. The molecule has 6 nitrogen and oxygen atoms in total. The van der Waals surface area contributed by atoms with Gasteiger partial charge in [-0.3, -0.25) is 9.52 Å². The molecule has 0 aliphatic carbocycles. The second kappa shape index (κ2) is 6.80. The highest BCUT2D eigenvalue weighted by atomic mass is 32.2. The third-order valence-electron chi connectivity index (χ3n) is 3.20. The Kier molecular flexibility index (Phi) is 5.06. The second-order valence-corrected chi connectivity index (χ2v) is 6.72. The van der Waals surface area contributed by atoms with Gasteiger partial charge in [0, 0.05) is 12.2 Å². The molecule has 21 heavy (non-hydrogen) atoms. The number of sulfonamides is 1. The number of rotatable bonds is 6. The Hall–Kier alpha value is -1.76. The van der Waals surface area contributed by atoms with Crippen molar-refractivity contribution in [3.8, 4) is 0 Å². The molecule has 1 heterocycles. The molecular weight excluding hydrogens is 292 g/mol. The standard InChI is InChI=1S/C14H20N2O4S/c1-2-20-14(17)7-9-21(18,19)16-12-6-5-11-4-3-8-15-13(11)10-12/h5-6,10,15-16H,2-4,7-9H2,1H3. The van der Waals surface area contributed by atoms with Crippen LogP contribution < -0.4 is 10.0 Å². The minimum atomic E-state index is -3.55. The quantitative estimate of drug-likeness (QED) is 0.782. The molecule has 2 N–H and O–H groups in total. The van der Waals surface area contributed by atoms with Crippen LogP contribution in [0.5, 0.6) is 0 Å². The molecule has 1 aliphatic rings. The van der Waals surface area contributed by atoms with Gasteiger partial charge in [-0.2, -0.15) is 0 Å².